The number of rotatable bonds is 5. The number of carbonyl (C=O) groups is 1. The molecule has 4 heteroatoms. The average molecular weight is 277 g/mol. The van der Waals surface area contributed by atoms with E-state index in [1.807, 2.05) is 13.8 Å². The van der Waals surface area contributed by atoms with E-state index in [0.29, 0.717) is 0 Å². The summed E-state index contributed by atoms with van der Waals surface area (Å²) in [7, 11) is 1.37. The Morgan fingerprint density at radius 2 is 1.85 bits per heavy atom. The van der Waals surface area contributed by atoms with Crippen molar-refractivity contribution in [1.29, 1.82) is 0 Å². The Kier molecular flexibility index (Phi) is 4.04. The van der Waals surface area contributed by atoms with E-state index in [4.69, 9.17) is 15.2 Å². The van der Waals surface area contributed by atoms with Crippen LogP contribution in [0, 0.1) is 26.7 Å². The molecule has 1 aliphatic rings. The van der Waals surface area contributed by atoms with Crippen molar-refractivity contribution in [3.05, 3.63) is 28.8 Å². The standard InChI is InChI=1S/C16H23NO3/c1-10-7-11(2)14(12(3)8-10)20-9-16(17,13-5-6-13)15(18)19-4/h7-8,13H,5-6,9,17H2,1-4H3. The predicted molar refractivity (Wildman–Crippen MR) is 77.8 cm³/mol. The lowest BCUT2D eigenvalue weighted by atomic mass is 9.95. The van der Waals surface area contributed by atoms with Gasteiger partial charge in [0.2, 0.25) is 0 Å². The predicted octanol–water partition coefficient (Wildman–Crippen LogP) is 2.27. The summed E-state index contributed by atoms with van der Waals surface area (Å²) in [5.41, 5.74) is 8.52. The van der Waals surface area contributed by atoms with Crippen LogP contribution in [0.25, 0.3) is 0 Å². The first-order chi connectivity index (χ1) is 9.38. The van der Waals surface area contributed by atoms with Gasteiger partial charge in [-0.25, -0.2) is 4.79 Å². The number of hydrogen-bond donors (Lipinski definition) is 1. The van der Waals surface area contributed by atoms with Crippen LogP contribution >= 0.6 is 0 Å². The fraction of sp³-hybridized carbons (Fsp3) is 0.562. The first-order valence-corrected chi connectivity index (χ1v) is 6.96. The van der Waals surface area contributed by atoms with E-state index in [1.54, 1.807) is 0 Å². The van der Waals surface area contributed by atoms with Gasteiger partial charge in [-0.15, -0.1) is 0 Å². The zero-order chi connectivity index (χ0) is 14.9. The minimum absolute atomic E-state index is 0.162. The van der Waals surface area contributed by atoms with Crippen molar-refractivity contribution in [1.82, 2.24) is 0 Å². The molecule has 0 aromatic heterocycles. The fourth-order valence-corrected chi connectivity index (χ4v) is 2.72. The van der Waals surface area contributed by atoms with Gasteiger partial charge in [0, 0.05) is 0 Å². The third kappa shape index (κ3) is 2.80. The molecule has 1 fully saturated rings. The molecule has 1 aromatic rings. The third-order valence-electron chi connectivity index (χ3n) is 3.93. The molecule has 0 saturated heterocycles. The van der Waals surface area contributed by atoms with Crippen LogP contribution in [0.5, 0.6) is 5.75 Å². The molecule has 0 radical (unpaired) electrons. The number of methoxy groups -OCH3 is 1. The molecule has 20 heavy (non-hydrogen) atoms. The highest BCUT2D eigenvalue weighted by atomic mass is 16.5. The van der Waals surface area contributed by atoms with Gasteiger partial charge >= 0.3 is 5.97 Å². The number of aryl methyl sites for hydroxylation is 3. The van der Waals surface area contributed by atoms with Crippen molar-refractivity contribution >= 4 is 5.97 Å². The van der Waals surface area contributed by atoms with E-state index in [2.05, 4.69) is 19.1 Å². The molecule has 0 bridgehead atoms. The van der Waals surface area contributed by atoms with Gasteiger partial charge in [-0.05, 0) is 50.7 Å². The lowest BCUT2D eigenvalue weighted by Gasteiger charge is -2.27. The first kappa shape index (κ1) is 14.9. The quantitative estimate of drug-likeness (QED) is 0.839. The summed E-state index contributed by atoms with van der Waals surface area (Å²) < 4.78 is 10.7. The Bertz CT molecular complexity index is 499. The zero-order valence-corrected chi connectivity index (χ0v) is 12.7. The van der Waals surface area contributed by atoms with E-state index < -0.39 is 5.54 Å². The van der Waals surface area contributed by atoms with Crippen LogP contribution in [-0.4, -0.2) is 25.2 Å². The summed E-state index contributed by atoms with van der Waals surface area (Å²) >= 11 is 0. The molecule has 0 aliphatic heterocycles. The number of benzene rings is 1. The van der Waals surface area contributed by atoms with Gasteiger partial charge in [0.15, 0.2) is 5.54 Å². The molecular weight excluding hydrogens is 254 g/mol. The molecule has 110 valence electrons. The van der Waals surface area contributed by atoms with E-state index in [-0.39, 0.29) is 18.5 Å². The van der Waals surface area contributed by atoms with Crippen molar-refractivity contribution in [2.24, 2.45) is 11.7 Å². The Balaban J connectivity index is 2.16. The minimum atomic E-state index is -1.03. The highest BCUT2D eigenvalue weighted by Gasteiger charge is 2.50. The van der Waals surface area contributed by atoms with Gasteiger partial charge in [0.1, 0.15) is 12.4 Å². The number of ether oxygens (including phenoxy) is 2. The topological polar surface area (TPSA) is 61.5 Å². The second-order valence-electron chi connectivity index (χ2n) is 5.82. The summed E-state index contributed by atoms with van der Waals surface area (Å²) in [5.74, 6) is 0.596. The summed E-state index contributed by atoms with van der Waals surface area (Å²) in [4.78, 5) is 11.9. The summed E-state index contributed by atoms with van der Waals surface area (Å²) in [6.45, 7) is 6.22. The Morgan fingerprint density at radius 3 is 2.30 bits per heavy atom. The maximum atomic E-state index is 11.9. The fourth-order valence-electron chi connectivity index (χ4n) is 2.72. The monoisotopic (exact) mass is 277 g/mol. The maximum absolute atomic E-state index is 11.9. The maximum Gasteiger partial charge on any atom is 0.329 e. The van der Waals surface area contributed by atoms with Gasteiger partial charge < -0.3 is 15.2 Å². The number of carbonyl (C=O) groups excluding carboxylic acids is 1. The molecular formula is C16H23NO3. The van der Waals surface area contributed by atoms with Crippen molar-refractivity contribution < 1.29 is 14.3 Å². The lowest BCUT2D eigenvalue weighted by Crippen LogP contribution is -2.55. The highest BCUT2D eigenvalue weighted by Crippen LogP contribution is 2.39. The minimum Gasteiger partial charge on any atom is -0.490 e. The van der Waals surface area contributed by atoms with Gasteiger partial charge in [-0.2, -0.15) is 0 Å². The van der Waals surface area contributed by atoms with E-state index in [0.717, 1.165) is 29.7 Å². The van der Waals surface area contributed by atoms with Crippen LogP contribution in [-0.2, 0) is 9.53 Å². The second kappa shape index (κ2) is 5.44. The molecule has 2 N–H and O–H groups in total. The van der Waals surface area contributed by atoms with Gasteiger partial charge in [-0.1, -0.05) is 17.7 Å². The Labute approximate surface area is 120 Å². The van der Waals surface area contributed by atoms with Crippen LogP contribution in [0.1, 0.15) is 29.5 Å². The van der Waals surface area contributed by atoms with Crippen LogP contribution < -0.4 is 10.5 Å². The molecule has 1 unspecified atom stereocenters. The summed E-state index contributed by atoms with van der Waals surface area (Å²) in [6, 6.07) is 4.13. The van der Waals surface area contributed by atoms with Gasteiger partial charge in [0.25, 0.3) is 0 Å². The SMILES string of the molecule is COC(=O)C(N)(COc1c(C)cc(C)cc1C)C1CC1. The Hall–Kier alpha value is -1.55. The molecule has 1 aliphatic carbocycles. The van der Waals surface area contributed by atoms with Crippen molar-refractivity contribution in [2.75, 3.05) is 13.7 Å². The number of nitrogens with two attached hydrogens (primary N) is 1. The number of hydrogen-bond acceptors (Lipinski definition) is 4. The molecule has 0 spiro atoms. The van der Waals surface area contributed by atoms with E-state index in [1.165, 1.54) is 12.7 Å². The summed E-state index contributed by atoms with van der Waals surface area (Å²) in [6.07, 6.45) is 1.92. The van der Waals surface area contributed by atoms with Crippen molar-refractivity contribution in [2.45, 2.75) is 39.2 Å². The lowest BCUT2D eigenvalue weighted by molar-refractivity contribution is -0.149. The Morgan fingerprint density at radius 1 is 1.30 bits per heavy atom. The molecule has 1 saturated carbocycles. The summed E-state index contributed by atoms with van der Waals surface area (Å²) in [5, 5.41) is 0. The van der Waals surface area contributed by atoms with E-state index >= 15 is 0 Å². The smallest absolute Gasteiger partial charge is 0.329 e. The van der Waals surface area contributed by atoms with Crippen molar-refractivity contribution in [3.8, 4) is 5.75 Å². The van der Waals surface area contributed by atoms with Crippen LogP contribution in [0.3, 0.4) is 0 Å². The van der Waals surface area contributed by atoms with Crippen molar-refractivity contribution in [3.63, 3.8) is 0 Å². The molecule has 0 amide bonds. The molecule has 4 nitrogen and oxygen atoms in total. The molecule has 1 atom stereocenters. The first-order valence-electron chi connectivity index (χ1n) is 6.96. The highest BCUT2D eigenvalue weighted by molar-refractivity contribution is 5.81. The third-order valence-corrected chi connectivity index (χ3v) is 3.93. The van der Waals surface area contributed by atoms with Gasteiger partial charge in [-0.3, -0.25) is 0 Å². The molecule has 0 heterocycles. The van der Waals surface area contributed by atoms with Gasteiger partial charge in [0.05, 0.1) is 7.11 Å². The average Bonchev–Trinajstić information content (AvgIpc) is 3.20. The van der Waals surface area contributed by atoms with Crippen LogP contribution in [0.15, 0.2) is 12.1 Å². The van der Waals surface area contributed by atoms with Crippen LogP contribution in [0.2, 0.25) is 0 Å². The second-order valence-corrected chi connectivity index (χ2v) is 5.82. The van der Waals surface area contributed by atoms with Crippen LogP contribution in [0.4, 0.5) is 0 Å². The largest absolute Gasteiger partial charge is 0.490 e. The number of esters is 1. The normalized spacial score (nSPS) is 17.4. The molecule has 1 aromatic carbocycles. The van der Waals surface area contributed by atoms with E-state index in [9.17, 15) is 4.79 Å². The molecule has 2 rings (SSSR count). The zero-order valence-electron chi connectivity index (χ0n) is 12.7.